The molecule has 1 aromatic rings. The van der Waals surface area contributed by atoms with Crippen molar-refractivity contribution in [2.24, 2.45) is 0 Å². The molecule has 108 valence electrons. The lowest BCUT2D eigenvalue weighted by Gasteiger charge is -2.26. The van der Waals surface area contributed by atoms with Crippen LogP contribution in [0.4, 0.5) is 5.69 Å². The third kappa shape index (κ3) is 3.27. The Bertz CT molecular complexity index is 486. The number of carbonyl (C=O) groups excluding carboxylic acids is 1. The van der Waals surface area contributed by atoms with Gasteiger partial charge in [-0.1, -0.05) is 6.07 Å². The number of amides is 1. The lowest BCUT2D eigenvalue weighted by atomic mass is 10.1. The summed E-state index contributed by atoms with van der Waals surface area (Å²) in [6.07, 6.45) is 1.06. The molecular formula is C15H21N3OS. The van der Waals surface area contributed by atoms with Gasteiger partial charge in [0.05, 0.1) is 0 Å². The normalized spacial score (nSPS) is 18.4. The first kappa shape index (κ1) is 13.8. The molecule has 3 rings (SSSR count). The summed E-state index contributed by atoms with van der Waals surface area (Å²) < 4.78 is 0. The van der Waals surface area contributed by atoms with Gasteiger partial charge >= 0.3 is 0 Å². The Morgan fingerprint density at radius 3 is 3.05 bits per heavy atom. The van der Waals surface area contributed by atoms with Gasteiger partial charge in [0.25, 0.3) is 5.91 Å². The summed E-state index contributed by atoms with van der Waals surface area (Å²) in [5, 5.41) is 6.33. The molecule has 0 aromatic heterocycles. The number of benzene rings is 1. The molecule has 1 saturated heterocycles. The summed E-state index contributed by atoms with van der Waals surface area (Å²) in [5.41, 5.74) is 3.19. The predicted molar refractivity (Wildman–Crippen MR) is 84.7 cm³/mol. The molecule has 0 spiro atoms. The highest BCUT2D eigenvalue weighted by molar-refractivity contribution is 7.99. The summed E-state index contributed by atoms with van der Waals surface area (Å²) in [6.45, 7) is 4.95. The van der Waals surface area contributed by atoms with Crippen molar-refractivity contribution in [2.45, 2.75) is 6.42 Å². The van der Waals surface area contributed by atoms with Gasteiger partial charge < -0.3 is 10.6 Å². The van der Waals surface area contributed by atoms with Gasteiger partial charge in [-0.2, -0.15) is 11.8 Å². The van der Waals surface area contributed by atoms with Crippen LogP contribution in [-0.4, -0.2) is 55.0 Å². The van der Waals surface area contributed by atoms with Crippen LogP contribution in [0.5, 0.6) is 0 Å². The Morgan fingerprint density at radius 1 is 1.35 bits per heavy atom. The average Bonchev–Trinajstić information content (AvgIpc) is 2.95. The Kier molecular flexibility index (Phi) is 4.47. The Morgan fingerprint density at radius 2 is 2.20 bits per heavy atom. The molecule has 5 heteroatoms. The standard InChI is InChI=1S/C15H21N3OS/c19-15(17-5-6-18-7-9-20-10-8-18)13-2-1-12-3-4-16-14(12)11-13/h1-2,11,16H,3-10H2,(H,17,19). The van der Waals surface area contributed by atoms with Crippen LogP contribution in [0.2, 0.25) is 0 Å². The number of fused-ring (bicyclic) bond motifs is 1. The number of hydrogen-bond acceptors (Lipinski definition) is 4. The van der Waals surface area contributed by atoms with E-state index in [1.165, 1.54) is 17.1 Å². The second-order valence-electron chi connectivity index (χ2n) is 5.26. The van der Waals surface area contributed by atoms with Gasteiger partial charge in [-0.05, 0) is 24.1 Å². The van der Waals surface area contributed by atoms with E-state index in [1.807, 2.05) is 23.9 Å². The number of thioether (sulfide) groups is 1. The summed E-state index contributed by atoms with van der Waals surface area (Å²) in [7, 11) is 0. The summed E-state index contributed by atoms with van der Waals surface area (Å²) in [4.78, 5) is 14.5. The fraction of sp³-hybridized carbons (Fsp3) is 0.533. The molecule has 0 atom stereocenters. The topological polar surface area (TPSA) is 44.4 Å². The van der Waals surface area contributed by atoms with Crippen molar-refractivity contribution in [3.8, 4) is 0 Å². The van der Waals surface area contributed by atoms with Gasteiger partial charge in [0, 0.05) is 55.5 Å². The highest BCUT2D eigenvalue weighted by Gasteiger charge is 2.14. The van der Waals surface area contributed by atoms with Gasteiger partial charge in [0.15, 0.2) is 0 Å². The predicted octanol–water partition coefficient (Wildman–Crippen LogP) is 1.43. The molecule has 2 heterocycles. The first-order valence-corrected chi connectivity index (χ1v) is 8.43. The van der Waals surface area contributed by atoms with E-state index in [9.17, 15) is 4.79 Å². The van der Waals surface area contributed by atoms with E-state index in [1.54, 1.807) is 0 Å². The Hall–Kier alpha value is -1.20. The van der Waals surface area contributed by atoms with E-state index in [0.29, 0.717) is 0 Å². The highest BCUT2D eigenvalue weighted by atomic mass is 32.2. The summed E-state index contributed by atoms with van der Waals surface area (Å²) in [6, 6.07) is 5.96. The van der Waals surface area contributed by atoms with Crippen molar-refractivity contribution in [1.82, 2.24) is 10.2 Å². The number of anilines is 1. The summed E-state index contributed by atoms with van der Waals surface area (Å²) >= 11 is 2.01. The second-order valence-corrected chi connectivity index (χ2v) is 6.48. The number of hydrogen-bond donors (Lipinski definition) is 2. The van der Waals surface area contributed by atoms with Gasteiger partial charge in [0.2, 0.25) is 0 Å². The van der Waals surface area contributed by atoms with E-state index in [2.05, 4.69) is 21.6 Å². The lowest BCUT2D eigenvalue weighted by Crippen LogP contribution is -2.39. The van der Waals surface area contributed by atoms with E-state index < -0.39 is 0 Å². The summed E-state index contributed by atoms with van der Waals surface area (Å²) in [5.74, 6) is 2.46. The SMILES string of the molecule is O=C(NCCN1CCSCC1)c1ccc2c(c1)NCC2. The zero-order valence-corrected chi connectivity index (χ0v) is 12.5. The van der Waals surface area contributed by atoms with Crippen LogP contribution < -0.4 is 10.6 Å². The maximum atomic E-state index is 12.1. The zero-order valence-electron chi connectivity index (χ0n) is 11.7. The minimum absolute atomic E-state index is 0.0351. The number of nitrogens with zero attached hydrogens (tertiary/aromatic N) is 1. The molecule has 1 amide bonds. The zero-order chi connectivity index (χ0) is 13.8. The quantitative estimate of drug-likeness (QED) is 0.881. The molecule has 0 saturated carbocycles. The molecule has 2 aliphatic rings. The van der Waals surface area contributed by atoms with Crippen LogP contribution in [0.15, 0.2) is 18.2 Å². The molecule has 1 aromatic carbocycles. The van der Waals surface area contributed by atoms with Crippen LogP contribution in [0, 0.1) is 0 Å². The first-order valence-electron chi connectivity index (χ1n) is 7.28. The van der Waals surface area contributed by atoms with Gasteiger partial charge in [-0.25, -0.2) is 0 Å². The largest absolute Gasteiger partial charge is 0.384 e. The third-order valence-electron chi connectivity index (χ3n) is 3.90. The van der Waals surface area contributed by atoms with Crippen molar-refractivity contribution in [1.29, 1.82) is 0 Å². The Balaban J connectivity index is 1.49. The molecule has 0 aliphatic carbocycles. The van der Waals surface area contributed by atoms with E-state index in [-0.39, 0.29) is 5.91 Å². The lowest BCUT2D eigenvalue weighted by molar-refractivity contribution is 0.0949. The molecule has 20 heavy (non-hydrogen) atoms. The molecule has 0 radical (unpaired) electrons. The van der Waals surface area contributed by atoms with Crippen LogP contribution in [0.3, 0.4) is 0 Å². The fourth-order valence-electron chi connectivity index (χ4n) is 2.69. The maximum Gasteiger partial charge on any atom is 0.251 e. The van der Waals surface area contributed by atoms with Gasteiger partial charge in [-0.15, -0.1) is 0 Å². The van der Waals surface area contributed by atoms with Crippen molar-refractivity contribution in [3.63, 3.8) is 0 Å². The van der Waals surface area contributed by atoms with Gasteiger partial charge in [0.1, 0.15) is 0 Å². The second kappa shape index (κ2) is 6.50. The minimum Gasteiger partial charge on any atom is -0.384 e. The fourth-order valence-corrected chi connectivity index (χ4v) is 3.67. The molecule has 1 fully saturated rings. The van der Waals surface area contributed by atoms with Gasteiger partial charge in [-0.3, -0.25) is 9.69 Å². The monoisotopic (exact) mass is 291 g/mol. The number of nitrogens with one attached hydrogen (secondary N) is 2. The maximum absolute atomic E-state index is 12.1. The molecule has 2 aliphatic heterocycles. The van der Waals surface area contributed by atoms with Crippen molar-refractivity contribution >= 4 is 23.4 Å². The van der Waals surface area contributed by atoms with Crippen molar-refractivity contribution in [3.05, 3.63) is 29.3 Å². The van der Waals surface area contributed by atoms with Crippen LogP contribution in [0.25, 0.3) is 0 Å². The average molecular weight is 291 g/mol. The minimum atomic E-state index is 0.0351. The van der Waals surface area contributed by atoms with E-state index in [0.717, 1.165) is 50.4 Å². The van der Waals surface area contributed by atoms with Crippen LogP contribution in [0.1, 0.15) is 15.9 Å². The first-order chi connectivity index (χ1) is 9.83. The van der Waals surface area contributed by atoms with Crippen molar-refractivity contribution in [2.75, 3.05) is 49.5 Å². The molecule has 0 unspecified atom stereocenters. The number of carbonyl (C=O) groups is 1. The number of rotatable bonds is 4. The van der Waals surface area contributed by atoms with Crippen LogP contribution in [-0.2, 0) is 6.42 Å². The van der Waals surface area contributed by atoms with E-state index >= 15 is 0 Å². The molecule has 0 bridgehead atoms. The van der Waals surface area contributed by atoms with Crippen molar-refractivity contribution < 1.29 is 4.79 Å². The smallest absolute Gasteiger partial charge is 0.251 e. The van der Waals surface area contributed by atoms with Crippen LogP contribution >= 0.6 is 11.8 Å². The molecular weight excluding hydrogens is 270 g/mol. The molecule has 2 N–H and O–H groups in total. The highest BCUT2D eigenvalue weighted by Crippen LogP contribution is 2.23. The Labute approximate surface area is 124 Å². The molecule has 4 nitrogen and oxygen atoms in total. The third-order valence-corrected chi connectivity index (χ3v) is 4.84. The van der Waals surface area contributed by atoms with E-state index in [4.69, 9.17) is 0 Å².